The van der Waals surface area contributed by atoms with Gasteiger partial charge in [-0.3, -0.25) is 9.69 Å². The molecule has 0 saturated carbocycles. The van der Waals surface area contributed by atoms with Crippen LogP contribution in [-0.4, -0.2) is 48.0 Å². The molecule has 1 N–H and O–H groups in total. The van der Waals surface area contributed by atoms with Crippen molar-refractivity contribution in [1.82, 2.24) is 15.2 Å². The average molecular weight is 435 g/mol. The van der Waals surface area contributed by atoms with Gasteiger partial charge in [-0.1, -0.05) is 41.7 Å². The standard InChI is InChI=1S/C25H30N4OS/c30-24(26-21-11-15-28(16-12-21)18-19-7-3-1-4-8-19)20-9-10-22-23(17-20)31-25(27-22)29-13-5-2-6-14-29/h1,3-4,7-10,17,21H,2,5-6,11-16,18H2,(H,26,30). The second-order valence-corrected chi connectivity index (χ2v) is 9.75. The monoisotopic (exact) mass is 434 g/mol. The first kappa shape index (κ1) is 20.5. The number of hydrogen-bond donors (Lipinski definition) is 1. The molecular formula is C25H30N4OS. The number of anilines is 1. The van der Waals surface area contributed by atoms with Gasteiger partial charge in [0, 0.05) is 44.3 Å². The molecule has 0 radical (unpaired) electrons. The van der Waals surface area contributed by atoms with E-state index in [4.69, 9.17) is 4.98 Å². The van der Waals surface area contributed by atoms with Gasteiger partial charge in [0.25, 0.3) is 5.91 Å². The first-order valence-corrected chi connectivity index (χ1v) is 12.3. The van der Waals surface area contributed by atoms with Gasteiger partial charge >= 0.3 is 0 Å². The van der Waals surface area contributed by atoms with E-state index in [-0.39, 0.29) is 11.9 Å². The van der Waals surface area contributed by atoms with Crippen LogP contribution in [0.4, 0.5) is 5.13 Å². The lowest BCUT2D eigenvalue weighted by atomic mass is 10.0. The number of nitrogens with zero attached hydrogens (tertiary/aromatic N) is 3. The summed E-state index contributed by atoms with van der Waals surface area (Å²) < 4.78 is 1.10. The highest BCUT2D eigenvalue weighted by Gasteiger charge is 2.22. The number of piperidine rings is 2. The van der Waals surface area contributed by atoms with E-state index in [0.29, 0.717) is 0 Å². The van der Waals surface area contributed by atoms with Gasteiger partial charge in [-0.25, -0.2) is 4.98 Å². The SMILES string of the molecule is O=C(NC1CCN(Cc2ccccc2)CC1)c1ccc2nc(N3CCCCC3)sc2c1. The summed E-state index contributed by atoms with van der Waals surface area (Å²) in [6, 6.07) is 16.8. The minimum atomic E-state index is 0.0383. The third kappa shape index (κ3) is 4.91. The molecule has 0 bridgehead atoms. The molecule has 2 saturated heterocycles. The molecule has 2 aromatic carbocycles. The summed E-state index contributed by atoms with van der Waals surface area (Å²) in [5, 5.41) is 4.36. The van der Waals surface area contributed by atoms with E-state index in [9.17, 15) is 4.79 Å². The van der Waals surface area contributed by atoms with Crippen LogP contribution in [0.1, 0.15) is 48.0 Å². The first-order valence-electron chi connectivity index (χ1n) is 11.5. The van der Waals surface area contributed by atoms with E-state index < -0.39 is 0 Å². The molecule has 6 heteroatoms. The third-order valence-corrected chi connectivity index (χ3v) is 7.52. The second-order valence-electron chi connectivity index (χ2n) is 8.74. The highest BCUT2D eigenvalue weighted by molar-refractivity contribution is 7.22. The van der Waals surface area contributed by atoms with Crippen LogP contribution < -0.4 is 10.2 Å². The van der Waals surface area contributed by atoms with Gasteiger partial charge in [0.2, 0.25) is 0 Å². The molecule has 31 heavy (non-hydrogen) atoms. The van der Waals surface area contributed by atoms with Crippen molar-refractivity contribution in [1.29, 1.82) is 0 Å². The first-order chi connectivity index (χ1) is 15.2. The Morgan fingerprint density at radius 2 is 1.77 bits per heavy atom. The second kappa shape index (κ2) is 9.37. The van der Waals surface area contributed by atoms with E-state index in [1.54, 1.807) is 11.3 Å². The predicted octanol–water partition coefficient (Wildman–Crippen LogP) is 4.68. The van der Waals surface area contributed by atoms with Gasteiger partial charge in [0.1, 0.15) is 0 Å². The molecule has 1 aromatic heterocycles. The Morgan fingerprint density at radius 1 is 1.00 bits per heavy atom. The Bertz CT molecular complexity index is 1020. The highest BCUT2D eigenvalue weighted by atomic mass is 32.1. The summed E-state index contributed by atoms with van der Waals surface area (Å²) in [5.74, 6) is 0.0383. The van der Waals surface area contributed by atoms with Gasteiger partial charge in [0.15, 0.2) is 5.13 Å². The van der Waals surface area contributed by atoms with Crippen molar-refractivity contribution in [2.75, 3.05) is 31.1 Å². The molecule has 0 aliphatic carbocycles. The maximum absolute atomic E-state index is 12.9. The van der Waals surface area contributed by atoms with Crippen LogP contribution in [0.5, 0.6) is 0 Å². The van der Waals surface area contributed by atoms with Gasteiger partial charge in [0.05, 0.1) is 10.2 Å². The lowest BCUT2D eigenvalue weighted by Crippen LogP contribution is -2.44. The molecule has 1 amide bonds. The normalized spacial score (nSPS) is 18.4. The summed E-state index contributed by atoms with van der Waals surface area (Å²) in [5.41, 5.74) is 3.09. The number of nitrogens with one attached hydrogen (secondary N) is 1. The van der Waals surface area contributed by atoms with Crippen molar-refractivity contribution in [3.05, 3.63) is 59.7 Å². The van der Waals surface area contributed by atoms with E-state index in [1.807, 2.05) is 18.2 Å². The Hall–Kier alpha value is -2.44. The fourth-order valence-electron chi connectivity index (χ4n) is 4.62. The Balaban J connectivity index is 1.17. The summed E-state index contributed by atoms with van der Waals surface area (Å²) in [4.78, 5) is 22.6. The predicted molar refractivity (Wildman–Crippen MR) is 128 cm³/mol. The lowest BCUT2D eigenvalue weighted by molar-refractivity contribution is 0.0909. The van der Waals surface area contributed by atoms with Crippen molar-refractivity contribution < 1.29 is 4.79 Å². The largest absolute Gasteiger partial charge is 0.349 e. The zero-order chi connectivity index (χ0) is 21.0. The number of thiazole rings is 1. The van der Waals surface area contributed by atoms with Crippen LogP contribution in [0.25, 0.3) is 10.2 Å². The summed E-state index contributed by atoms with van der Waals surface area (Å²) in [6.07, 6.45) is 5.80. The number of aromatic nitrogens is 1. The van der Waals surface area contributed by atoms with E-state index in [2.05, 4.69) is 45.4 Å². The van der Waals surface area contributed by atoms with Crippen molar-refractivity contribution in [3.63, 3.8) is 0 Å². The van der Waals surface area contributed by atoms with E-state index in [1.165, 1.54) is 24.8 Å². The molecule has 5 nitrogen and oxygen atoms in total. The number of amides is 1. The van der Waals surface area contributed by atoms with Crippen LogP contribution in [0, 0.1) is 0 Å². The Labute approximate surface area is 188 Å². The van der Waals surface area contributed by atoms with Gasteiger partial charge in [-0.2, -0.15) is 0 Å². The fourth-order valence-corrected chi connectivity index (χ4v) is 5.68. The number of carbonyl (C=O) groups is 1. The molecule has 162 valence electrons. The van der Waals surface area contributed by atoms with Crippen LogP contribution in [0.15, 0.2) is 48.5 Å². The number of hydrogen-bond acceptors (Lipinski definition) is 5. The molecule has 3 heterocycles. The fraction of sp³-hybridized carbons (Fsp3) is 0.440. The quantitative estimate of drug-likeness (QED) is 0.633. The number of carbonyl (C=O) groups excluding carboxylic acids is 1. The van der Waals surface area contributed by atoms with Crippen LogP contribution in [-0.2, 0) is 6.54 Å². The van der Waals surface area contributed by atoms with Crippen molar-refractivity contribution in [2.24, 2.45) is 0 Å². The maximum atomic E-state index is 12.9. The molecule has 3 aromatic rings. The number of rotatable bonds is 5. The highest BCUT2D eigenvalue weighted by Crippen LogP contribution is 2.31. The molecule has 2 aliphatic heterocycles. The van der Waals surface area contributed by atoms with Gasteiger partial charge in [-0.05, 0) is 55.9 Å². The molecule has 2 fully saturated rings. The zero-order valence-corrected chi connectivity index (χ0v) is 18.7. The lowest BCUT2D eigenvalue weighted by Gasteiger charge is -2.32. The summed E-state index contributed by atoms with van der Waals surface area (Å²) in [6.45, 7) is 5.22. The molecular weight excluding hydrogens is 404 g/mol. The smallest absolute Gasteiger partial charge is 0.251 e. The zero-order valence-electron chi connectivity index (χ0n) is 17.9. The van der Waals surface area contributed by atoms with Gasteiger partial charge < -0.3 is 10.2 Å². The van der Waals surface area contributed by atoms with Gasteiger partial charge in [-0.15, -0.1) is 0 Å². The molecule has 0 unspecified atom stereocenters. The van der Waals surface area contributed by atoms with E-state index >= 15 is 0 Å². The third-order valence-electron chi connectivity index (χ3n) is 6.44. The molecule has 0 spiro atoms. The molecule has 0 atom stereocenters. The van der Waals surface area contributed by atoms with Crippen LogP contribution >= 0.6 is 11.3 Å². The van der Waals surface area contributed by atoms with Crippen LogP contribution in [0.2, 0.25) is 0 Å². The van der Waals surface area contributed by atoms with Crippen molar-refractivity contribution >= 4 is 32.6 Å². The van der Waals surface area contributed by atoms with Crippen molar-refractivity contribution in [3.8, 4) is 0 Å². The number of benzene rings is 2. The average Bonchev–Trinajstić information content (AvgIpc) is 3.25. The summed E-state index contributed by atoms with van der Waals surface area (Å²) in [7, 11) is 0. The minimum absolute atomic E-state index is 0.0383. The summed E-state index contributed by atoms with van der Waals surface area (Å²) >= 11 is 1.71. The minimum Gasteiger partial charge on any atom is -0.349 e. The van der Waals surface area contributed by atoms with Crippen LogP contribution in [0.3, 0.4) is 0 Å². The number of likely N-dealkylation sites (tertiary alicyclic amines) is 1. The Kier molecular flexibility index (Phi) is 6.18. The molecule has 5 rings (SSSR count). The van der Waals surface area contributed by atoms with Crippen molar-refractivity contribution in [2.45, 2.75) is 44.7 Å². The molecule has 2 aliphatic rings. The number of fused-ring (bicyclic) bond motifs is 1. The topological polar surface area (TPSA) is 48.5 Å². The Morgan fingerprint density at radius 3 is 2.55 bits per heavy atom. The van der Waals surface area contributed by atoms with E-state index in [0.717, 1.165) is 66.5 Å². The maximum Gasteiger partial charge on any atom is 0.251 e.